The third-order valence-electron chi connectivity index (χ3n) is 10.2. The van der Waals surface area contributed by atoms with Crippen LogP contribution in [0.1, 0.15) is 111 Å². The van der Waals surface area contributed by atoms with E-state index in [0.717, 1.165) is 70.5 Å². The van der Waals surface area contributed by atoms with E-state index < -0.39 is 0 Å². The molecule has 16 heteroatoms. The maximum atomic E-state index is 4.88. The zero-order valence-electron chi connectivity index (χ0n) is 34.2. The molecule has 0 radical (unpaired) electrons. The maximum Gasteiger partial charge on any atom is 0.0547 e. The van der Waals surface area contributed by atoms with E-state index in [2.05, 4.69) is 155 Å². The SMILES string of the molecule is BrCc1cccc(CBr)n1.CN.[Br][Co][Br].[Br][Co][Br].c1cc(CN2CCCCC2)nc(CN2CCCCC2)c1.c1cc(CN2CCCCC2)nc(CN2CCCCC2)c1. The van der Waals surface area contributed by atoms with Crippen LogP contribution in [0.2, 0.25) is 0 Å². The van der Waals surface area contributed by atoms with Crippen LogP contribution in [0.25, 0.3) is 0 Å². The number of nitrogens with two attached hydrogens (primary N) is 1. The van der Waals surface area contributed by atoms with Crippen molar-refractivity contribution in [2.75, 3.05) is 59.4 Å². The molecule has 4 aliphatic rings. The molecule has 2 N–H and O–H groups in total. The Morgan fingerprint density at radius 1 is 0.397 bits per heavy atom. The summed E-state index contributed by atoms with van der Waals surface area (Å²) < 4.78 is 0. The molecule has 3 aromatic heterocycles. The summed E-state index contributed by atoms with van der Waals surface area (Å²) in [4.78, 5) is 24.3. The largest absolute Gasteiger partial charge is 0.298 e. The Labute approximate surface area is 408 Å². The molecule has 0 amide bonds. The normalized spacial score (nSPS) is 17.7. The summed E-state index contributed by atoms with van der Waals surface area (Å²) in [5.41, 5.74) is 11.7. The number of alkyl halides is 2. The third kappa shape index (κ3) is 26.1. The molecule has 0 atom stereocenters. The molecule has 7 heterocycles. The molecule has 4 aliphatic heterocycles. The summed E-state index contributed by atoms with van der Waals surface area (Å²) >= 11 is 20.9. The van der Waals surface area contributed by atoms with Crippen LogP contribution in [0.15, 0.2) is 54.6 Å². The summed E-state index contributed by atoms with van der Waals surface area (Å²) in [5.74, 6) is 0. The van der Waals surface area contributed by atoms with Gasteiger partial charge in [-0.1, -0.05) is 75.7 Å². The van der Waals surface area contributed by atoms with Crippen molar-refractivity contribution >= 4 is 88.5 Å². The number of pyridine rings is 3. The average Bonchev–Trinajstić information content (AvgIpc) is 3.27. The minimum absolute atomic E-state index is 0.827. The first-order valence-corrected chi connectivity index (χ1v) is 33.1. The molecule has 0 spiro atoms. The number of nitrogens with zero attached hydrogens (tertiary/aromatic N) is 7. The summed E-state index contributed by atoms with van der Waals surface area (Å²) in [6.45, 7) is 14.1. The average molecular weight is 1280 g/mol. The van der Waals surface area contributed by atoms with Crippen LogP contribution >= 0.6 is 88.5 Å². The van der Waals surface area contributed by atoms with Crippen molar-refractivity contribution in [3.8, 4) is 0 Å². The van der Waals surface area contributed by atoms with Crippen LogP contribution < -0.4 is 5.73 Å². The topological polar surface area (TPSA) is 77.6 Å². The smallest absolute Gasteiger partial charge is 0.0547 e. The minimum atomic E-state index is 0.827. The molecule has 0 unspecified atom stereocenters. The molecule has 0 aliphatic carbocycles. The molecule has 4 fully saturated rings. The van der Waals surface area contributed by atoms with Gasteiger partial charge in [-0.15, -0.1) is 0 Å². The Bertz CT molecular complexity index is 1240. The molecular weight excluding hydrogens is 1210 g/mol. The van der Waals surface area contributed by atoms with Gasteiger partial charge >= 0.3 is 78.9 Å². The number of piperidine rings is 4. The predicted octanol–water partition coefficient (Wildman–Crippen LogP) is 11.9. The Morgan fingerprint density at radius 3 is 0.793 bits per heavy atom. The second-order valence-electron chi connectivity index (χ2n) is 14.6. The van der Waals surface area contributed by atoms with E-state index in [4.69, 9.17) is 9.97 Å². The summed E-state index contributed by atoms with van der Waals surface area (Å²) in [5, 5.41) is 1.65. The van der Waals surface area contributed by atoms with Crippen molar-refractivity contribution in [3.63, 3.8) is 0 Å². The zero-order chi connectivity index (χ0) is 42.1. The minimum Gasteiger partial charge on any atom is -0.298 e. The second kappa shape index (κ2) is 37.5. The molecule has 0 bridgehead atoms. The van der Waals surface area contributed by atoms with Crippen molar-refractivity contribution in [1.82, 2.24) is 34.6 Å². The quantitative estimate of drug-likeness (QED) is 0.201. The standard InChI is InChI=1S/2C17H27N3.C7H7Br2N.CH5N.4BrH.2Co/c2*1-3-10-19(11-4-1)14-16-8-7-9-17(18-16)15-20-12-5-2-6-13-20;8-4-6-2-1-3-7(5-9)10-6;1-2;;;;;;/h2*7-9H,1-6,10-15H2;1-3H,4-5H2;2H2,1H3;4*1H;;/q;;;;;;;;2*+2/p-4. The van der Waals surface area contributed by atoms with Crippen LogP contribution in [0.4, 0.5) is 0 Å². The van der Waals surface area contributed by atoms with Crippen LogP contribution in [0.3, 0.4) is 0 Å². The van der Waals surface area contributed by atoms with Gasteiger partial charge < -0.3 is 5.73 Å². The molecule has 58 heavy (non-hydrogen) atoms. The molecule has 4 saturated heterocycles. The molecule has 3 aromatic rings. The van der Waals surface area contributed by atoms with Gasteiger partial charge in [0.1, 0.15) is 0 Å². The summed E-state index contributed by atoms with van der Waals surface area (Å²) in [7, 11) is 1.50. The van der Waals surface area contributed by atoms with Crippen LogP contribution in [-0.4, -0.2) is 94.0 Å². The Hall–Kier alpha value is 1.14. The number of hydrogen-bond donors (Lipinski definition) is 1. The van der Waals surface area contributed by atoms with Gasteiger partial charge in [0, 0.05) is 36.8 Å². The Morgan fingerprint density at radius 2 is 0.586 bits per heavy atom. The van der Waals surface area contributed by atoms with E-state index in [1.807, 2.05) is 18.2 Å². The fourth-order valence-corrected chi connectivity index (χ4v) is 8.10. The van der Waals surface area contributed by atoms with E-state index >= 15 is 0 Å². The van der Waals surface area contributed by atoms with Crippen molar-refractivity contribution in [2.24, 2.45) is 5.73 Å². The van der Waals surface area contributed by atoms with E-state index in [9.17, 15) is 0 Å². The molecule has 334 valence electrons. The number of rotatable bonds is 10. The van der Waals surface area contributed by atoms with Gasteiger partial charge in [0.2, 0.25) is 0 Å². The Kier molecular flexibility index (Phi) is 35.7. The van der Waals surface area contributed by atoms with E-state index in [1.165, 1.54) is 159 Å². The van der Waals surface area contributed by atoms with Gasteiger partial charge in [-0.2, -0.15) is 0 Å². The summed E-state index contributed by atoms with van der Waals surface area (Å²) in [6, 6.07) is 19.1. The first-order chi connectivity index (χ1) is 28.5. The van der Waals surface area contributed by atoms with Gasteiger partial charge in [0.15, 0.2) is 0 Å². The number of aromatic nitrogens is 3. The van der Waals surface area contributed by atoms with Crippen molar-refractivity contribution in [2.45, 2.75) is 114 Å². The summed E-state index contributed by atoms with van der Waals surface area (Å²) in [6.07, 6.45) is 16.4. The molecule has 7 rings (SSSR count). The number of halogens is 6. The van der Waals surface area contributed by atoms with Crippen molar-refractivity contribution in [3.05, 3.63) is 88.8 Å². The molecule has 8 nitrogen and oxygen atoms in total. The molecule has 0 aromatic carbocycles. The first-order valence-electron chi connectivity index (χ1n) is 20.6. The molecule has 0 saturated carbocycles. The third-order valence-corrected chi connectivity index (χ3v) is 11.4. The zero-order valence-corrected chi connectivity index (χ0v) is 45.8. The van der Waals surface area contributed by atoms with Gasteiger partial charge in [-0.3, -0.25) is 34.6 Å². The fraction of sp³-hybridized carbons (Fsp3) is 0.643. The van der Waals surface area contributed by atoms with Gasteiger partial charge in [0.25, 0.3) is 0 Å². The van der Waals surface area contributed by atoms with E-state index in [0.29, 0.717) is 0 Å². The van der Waals surface area contributed by atoms with Gasteiger partial charge in [0.05, 0.1) is 34.2 Å². The van der Waals surface area contributed by atoms with Gasteiger partial charge in [-0.25, -0.2) is 0 Å². The van der Waals surface area contributed by atoms with Crippen LogP contribution in [0, 0.1) is 0 Å². The first kappa shape index (κ1) is 55.3. The monoisotopic (exact) mass is 1270 g/mol. The van der Waals surface area contributed by atoms with Crippen molar-refractivity contribution < 1.29 is 22.2 Å². The maximum absolute atomic E-state index is 4.88. The van der Waals surface area contributed by atoms with Crippen LogP contribution in [0.5, 0.6) is 0 Å². The second-order valence-corrected chi connectivity index (χ2v) is 26.2. The molecular formula is C42H66Br6Co2N8. The van der Waals surface area contributed by atoms with Crippen LogP contribution in [-0.2, 0) is 59.1 Å². The number of likely N-dealkylation sites (tertiary alicyclic amines) is 4. The van der Waals surface area contributed by atoms with E-state index in [-0.39, 0.29) is 0 Å². The van der Waals surface area contributed by atoms with Crippen molar-refractivity contribution in [1.29, 1.82) is 0 Å². The van der Waals surface area contributed by atoms with E-state index in [1.54, 1.807) is 0 Å². The predicted molar refractivity (Wildman–Crippen MR) is 260 cm³/mol. The number of hydrogen-bond acceptors (Lipinski definition) is 8. The Balaban J connectivity index is 0.000000287. The van der Waals surface area contributed by atoms with Gasteiger partial charge in [-0.05, 0) is 147 Å². The fourth-order valence-electron chi connectivity index (χ4n) is 7.48.